The maximum Gasteiger partial charge on any atom is 0.410 e. The van der Waals surface area contributed by atoms with Crippen molar-refractivity contribution in [3.63, 3.8) is 0 Å². The molecule has 2 amide bonds. The number of carbonyl (C=O) groups is 2. The van der Waals surface area contributed by atoms with Crippen molar-refractivity contribution in [2.24, 2.45) is 10.9 Å². The van der Waals surface area contributed by atoms with Gasteiger partial charge in [-0.05, 0) is 145 Å². The van der Waals surface area contributed by atoms with Gasteiger partial charge in [0.05, 0.1) is 52.5 Å². The van der Waals surface area contributed by atoms with Gasteiger partial charge in [0.15, 0.2) is 0 Å². The van der Waals surface area contributed by atoms with Crippen LogP contribution in [0, 0.1) is 5.92 Å². The third-order valence-electron chi connectivity index (χ3n) is 17.2. The van der Waals surface area contributed by atoms with E-state index in [0.717, 1.165) is 99.1 Å². The quantitative estimate of drug-likeness (QED) is 0.176. The summed E-state index contributed by atoms with van der Waals surface area (Å²) in [5.41, 5.74) is 20.1. The van der Waals surface area contributed by atoms with Crippen LogP contribution >= 0.6 is 28.3 Å². The van der Waals surface area contributed by atoms with Crippen LogP contribution < -0.4 is 5.32 Å². The lowest BCUT2D eigenvalue weighted by atomic mass is 9.94. The lowest BCUT2D eigenvalue weighted by Crippen LogP contribution is -2.41. The summed E-state index contributed by atoms with van der Waals surface area (Å²) in [7, 11) is 0. The molecule has 4 aliphatic heterocycles. The van der Waals surface area contributed by atoms with Gasteiger partial charge < -0.3 is 33.7 Å². The van der Waals surface area contributed by atoms with E-state index in [9.17, 15) is 9.59 Å². The van der Waals surface area contributed by atoms with Crippen molar-refractivity contribution in [2.45, 2.75) is 129 Å². The topological polar surface area (TPSA) is 158 Å². The number of fused-ring (bicyclic) bond motifs is 9. The highest BCUT2D eigenvalue weighted by Gasteiger charge is 2.32. The van der Waals surface area contributed by atoms with E-state index in [1.165, 1.54) is 91.4 Å². The number of carbonyl (C=O) groups excluding carboxylic acids is 2. The predicted octanol–water partition coefficient (Wildman–Crippen LogP) is 15.1. The number of allylic oxidation sites excluding steroid dienone is 2. The molecule has 3 fully saturated rings. The van der Waals surface area contributed by atoms with Crippen LogP contribution in [0.2, 0.25) is 0 Å². The fourth-order valence-electron chi connectivity index (χ4n) is 13.0. The van der Waals surface area contributed by atoms with Crippen molar-refractivity contribution in [1.82, 2.24) is 49.2 Å². The molecule has 1 N–H and O–H groups in total. The first-order valence-electron chi connectivity index (χ1n) is 30.9. The Morgan fingerprint density at radius 2 is 0.932 bits per heavy atom. The molecule has 3 aliphatic carbocycles. The third kappa shape index (κ3) is 14.0. The minimum Gasteiger partial charge on any atom is -0.444 e. The van der Waals surface area contributed by atoms with Gasteiger partial charge in [0.1, 0.15) is 11.2 Å². The van der Waals surface area contributed by atoms with Gasteiger partial charge in [0, 0.05) is 134 Å². The van der Waals surface area contributed by atoms with E-state index in [2.05, 4.69) is 154 Å². The molecule has 17 heteroatoms. The lowest BCUT2D eigenvalue weighted by Gasteiger charge is -2.33. The summed E-state index contributed by atoms with van der Waals surface area (Å²) in [5.74, 6) is 1.44. The number of imidazole rings is 2. The first-order valence-corrected chi connectivity index (χ1v) is 31.7. The number of ether oxygens (including phenoxy) is 2. The first kappa shape index (κ1) is 61.8. The molecule has 0 spiro atoms. The molecule has 5 aromatic heterocycles. The zero-order chi connectivity index (χ0) is 60.2. The number of amides is 2. The van der Waals surface area contributed by atoms with Crippen molar-refractivity contribution in [3.05, 3.63) is 196 Å². The molecular formula is C71H79BrClN11O4. The van der Waals surface area contributed by atoms with Gasteiger partial charge in [0.2, 0.25) is 0 Å². The lowest BCUT2D eigenvalue weighted by molar-refractivity contribution is 0.0187. The van der Waals surface area contributed by atoms with Crippen molar-refractivity contribution in [2.75, 3.05) is 39.3 Å². The summed E-state index contributed by atoms with van der Waals surface area (Å²) < 4.78 is 16.3. The van der Waals surface area contributed by atoms with Gasteiger partial charge in [-0.1, -0.05) is 94.8 Å². The van der Waals surface area contributed by atoms with Crippen molar-refractivity contribution in [1.29, 1.82) is 0 Å². The van der Waals surface area contributed by atoms with Crippen LogP contribution in [0.4, 0.5) is 9.59 Å². The van der Waals surface area contributed by atoms with Gasteiger partial charge in [-0.25, -0.2) is 19.6 Å². The number of piperidine rings is 3. The number of pyridine rings is 3. The molecule has 15 rings (SSSR count). The highest BCUT2D eigenvalue weighted by molar-refractivity contribution is 9.10. The molecule has 7 aliphatic rings. The summed E-state index contributed by atoms with van der Waals surface area (Å²) >= 11 is 3.58. The highest BCUT2D eigenvalue weighted by Crippen LogP contribution is 2.43. The Morgan fingerprint density at radius 3 is 1.38 bits per heavy atom. The maximum absolute atomic E-state index is 12.3. The van der Waals surface area contributed by atoms with E-state index < -0.39 is 11.2 Å². The normalized spacial score (nSPS) is 16.6. The molecule has 3 saturated heterocycles. The van der Waals surface area contributed by atoms with E-state index in [1.54, 1.807) is 4.90 Å². The molecule has 456 valence electrons. The summed E-state index contributed by atoms with van der Waals surface area (Å²) in [6.45, 7) is 16.5. The Bertz CT molecular complexity index is 3860. The van der Waals surface area contributed by atoms with E-state index in [0.29, 0.717) is 30.8 Å². The number of hydrogen-bond donors (Lipinski definition) is 1. The predicted molar refractivity (Wildman–Crippen MR) is 353 cm³/mol. The Morgan fingerprint density at radius 1 is 0.523 bits per heavy atom. The van der Waals surface area contributed by atoms with Gasteiger partial charge >= 0.3 is 12.2 Å². The molecule has 0 unspecified atom stereocenters. The van der Waals surface area contributed by atoms with Crippen molar-refractivity contribution < 1.29 is 19.1 Å². The fraction of sp³-hybridized carbons (Fsp3) is 0.380. The minimum absolute atomic E-state index is 0. The van der Waals surface area contributed by atoms with Gasteiger partial charge in [-0.2, -0.15) is 0 Å². The summed E-state index contributed by atoms with van der Waals surface area (Å²) in [6.07, 6.45) is 27.5. The second-order valence-corrected chi connectivity index (χ2v) is 26.4. The first-order chi connectivity index (χ1) is 42.1. The van der Waals surface area contributed by atoms with Gasteiger partial charge in [0.25, 0.3) is 0 Å². The molecular weight excluding hydrogens is 1190 g/mol. The zero-order valence-corrected chi connectivity index (χ0v) is 53.7. The monoisotopic (exact) mass is 1260 g/mol. The number of hydrogen-bond acceptors (Lipinski definition) is 11. The summed E-state index contributed by atoms with van der Waals surface area (Å²) in [5, 5.41) is 3.43. The number of aromatic nitrogens is 7. The average molecular weight is 1270 g/mol. The van der Waals surface area contributed by atoms with Crippen LogP contribution in [0.3, 0.4) is 0 Å². The molecule has 9 heterocycles. The second kappa shape index (κ2) is 26.9. The fourth-order valence-corrected chi connectivity index (χ4v) is 13.5. The molecule has 0 bridgehead atoms. The molecule has 0 saturated carbocycles. The van der Waals surface area contributed by atoms with E-state index in [4.69, 9.17) is 19.4 Å². The Balaban J connectivity index is 0.000000126. The number of halogens is 2. The summed E-state index contributed by atoms with van der Waals surface area (Å²) in [4.78, 5) is 55.3. The number of aliphatic imine (C=N–C) groups is 1. The Kier molecular flexibility index (Phi) is 18.9. The zero-order valence-electron chi connectivity index (χ0n) is 51.3. The number of rotatable bonds is 5. The summed E-state index contributed by atoms with van der Waals surface area (Å²) in [6, 6.07) is 31.8. The number of nitrogens with zero attached hydrogens (tertiary/aromatic N) is 10. The van der Waals surface area contributed by atoms with Crippen LogP contribution in [-0.4, -0.2) is 113 Å². The van der Waals surface area contributed by atoms with E-state index >= 15 is 0 Å². The number of benzene rings is 3. The third-order valence-corrected chi connectivity index (χ3v) is 17.9. The van der Waals surface area contributed by atoms with Crippen LogP contribution in [0.1, 0.15) is 143 Å². The molecule has 0 radical (unpaired) electrons. The smallest absolute Gasteiger partial charge is 0.410 e. The number of nitrogens with one attached hydrogen (secondary N) is 1. The average Bonchev–Trinajstić information content (AvgIpc) is 4.16. The second-order valence-electron chi connectivity index (χ2n) is 25.5. The van der Waals surface area contributed by atoms with Crippen LogP contribution in [-0.2, 0) is 28.7 Å². The number of likely N-dealkylation sites (tertiary alicyclic amines) is 2. The van der Waals surface area contributed by atoms with Gasteiger partial charge in [-0.15, -0.1) is 12.4 Å². The van der Waals surface area contributed by atoms with E-state index in [-0.39, 0.29) is 24.6 Å². The van der Waals surface area contributed by atoms with E-state index in [1.807, 2.05) is 90.0 Å². The van der Waals surface area contributed by atoms with Crippen molar-refractivity contribution >= 4 is 46.7 Å². The molecule has 3 aromatic carbocycles. The van der Waals surface area contributed by atoms with Crippen molar-refractivity contribution in [3.8, 4) is 44.8 Å². The Labute approximate surface area is 531 Å². The molecule has 0 atom stereocenters. The standard InChI is InChI=1S/C25H28N4O2.C20H20N4.C14H22N2O2.C12H8BrN.ClH/c1-25(2,3)31-24(30)28-12-9-17(10-13-28)21-15-29(16-27-21)22-8-11-26-20-14-18-6-4-5-7-19(18)23(20)22;1-2-4-16-15(3-1)11-17-20(16)19(7-10-22-17)24-12-18(23-13-24)14-5-8-21-9-6-14;1-14(2,3)18-13(17)16-9-6-11(7-10-16)12-5-4-8-15-12;13-10-5-6-14-11-7-8-3-1-2-4-9(8)12(10)11;/h4-8,11,15-17H,9-10,12-14H2,1-3H3;1-4,7,10,12-14,21H,5-6,8-9,11H2;5,8,11H,4,6-7,9-10H2,1-3H3;1-6H,7H2;1H. The van der Waals surface area contributed by atoms with Crippen LogP contribution in [0.15, 0.2) is 156 Å². The molecule has 15 nitrogen and oxygen atoms in total. The largest absolute Gasteiger partial charge is 0.444 e. The minimum atomic E-state index is -0.462. The SMILES string of the molecule is Brc1ccnc2c1-c1ccccc1C2.CC(C)(C)OC(=O)N1CCC(C2=CCC=N2)CC1.CC(C)(C)OC(=O)N1CCC(c2cn(-c3ccnc4c3-c3ccccc3C4)cn2)CC1.Cl.c1ccc2c(c1)Cc1nccc(-n3cnc(C4CCNCC4)c3)c1-2. The van der Waals surface area contributed by atoms with Gasteiger partial charge in [-0.3, -0.25) is 19.9 Å². The highest BCUT2D eigenvalue weighted by atomic mass is 79.9. The maximum atomic E-state index is 12.3. The molecule has 8 aromatic rings. The Hall–Kier alpha value is -7.79. The molecule has 88 heavy (non-hydrogen) atoms. The van der Waals surface area contributed by atoms with Crippen LogP contribution in [0.25, 0.3) is 44.8 Å². The van der Waals surface area contributed by atoms with Crippen LogP contribution in [0.5, 0.6) is 0 Å².